The summed E-state index contributed by atoms with van der Waals surface area (Å²) in [6, 6.07) is 46.0. The van der Waals surface area contributed by atoms with Crippen molar-refractivity contribution in [3.8, 4) is 0 Å². The minimum Gasteiger partial charge on any atom is -0.319 e. The second kappa shape index (κ2) is 22.0. The van der Waals surface area contributed by atoms with Crippen molar-refractivity contribution in [1.82, 2.24) is 0 Å². The van der Waals surface area contributed by atoms with Gasteiger partial charge in [-0.05, 0) is 0 Å². The maximum absolute atomic E-state index is 2.86. The molecule has 0 spiro atoms. The Morgan fingerprint density at radius 3 is 0.562 bits per heavy atom. The van der Waals surface area contributed by atoms with Gasteiger partial charge in [0.05, 0.1) is 0 Å². The Balaban J connectivity index is 0. The van der Waals surface area contributed by atoms with E-state index in [1.165, 1.54) is 22.3 Å². The molecule has 2 radical (unpaired) electrons. The van der Waals surface area contributed by atoms with Crippen molar-refractivity contribution in [2.24, 2.45) is 0 Å². The summed E-state index contributed by atoms with van der Waals surface area (Å²) in [7, 11) is 0. The van der Waals surface area contributed by atoms with Crippen LogP contribution in [0.15, 0.2) is 121 Å². The fourth-order valence-corrected chi connectivity index (χ4v) is 2.18. The van der Waals surface area contributed by atoms with E-state index >= 15 is 0 Å². The molecule has 0 aliphatic carbocycles. The normalized spacial score (nSPS) is 8.12. The zero-order valence-corrected chi connectivity index (χ0v) is 22.2. The third-order valence-electron chi connectivity index (χ3n) is 3.87. The minimum absolute atomic E-state index is 0. The van der Waals surface area contributed by atoms with Crippen LogP contribution in [0.25, 0.3) is 0 Å². The van der Waals surface area contributed by atoms with Gasteiger partial charge in [-0.1, -0.05) is 27.7 Å². The van der Waals surface area contributed by atoms with Gasteiger partial charge in [-0.15, -0.1) is 0 Å². The van der Waals surface area contributed by atoms with Crippen molar-refractivity contribution in [3.05, 3.63) is 156 Å². The molecule has 0 aromatic heterocycles. The molecule has 2 heteroatoms. The predicted molar refractivity (Wildman–Crippen MR) is 131 cm³/mol. The zero-order chi connectivity index (χ0) is 21.9. The van der Waals surface area contributed by atoms with E-state index in [4.69, 9.17) is 0 Å². The summed E-state index contributed by atoms with van der Waals surface area (Å²) < 4.78 is 0. The van der Waals surface area contributed by atoms with Crippen LogP contribution in [0.1, 0.15) is 22.3 Å². The Bertz CT molecular complexity index is 741. The first-order valence-corrected chi connectivity index (χ1v) is 10.1. The maximum atomic E-state index is 2.86. The van der Waals surface area contributed by atoms with Crippen molar-refractivity contribution < 1.29 is 37.1 Å². The van der Waals surface area contributed by atoms with E-state index < -0.39 is 0 Å². The van der Waals surface area contributed by atoms with Crippen molar-refractivity contribution in [2.75, 3.05) is 0 Å². The first kappa shape index (κ1) is 32.0. The van der Waals surface area contributed by atoms with E-state index in [2.05, 4.69) is 88.4 Å². The molecule has 0 amide bonds. The Labute approximate surface area is 219 Å². The summed E-state index contributed by atoms with van der Waals surface area (Å²) in [5, 5.41) is 0. The van der Waals surface area contributed by atoms with Crippen molar-refractivity contribution >= 4 is 0 Å². The molecule has 5 aromatic carbocycles. The van der Waals surface area contributed by atoms with Crippen LogP contribution >= 0.6 is 0 Å². The van der Waals surface area contributed by atoms with E-state index in [0.29, 0.717) is 0 Å². The van der Waals surface area contributed by atoms with E-state index in [-0.39, 0.29) is 37.1 Å². The van der Waals surface area contributed by atoms with E-state index in [9.17, 15) is 0 Å². The molecule has 0 unspecified atom stereocenters. The van der Waals surface area contributed by atoms with Crippen molar-refractivity contribution in [2.45, 2.75) is 27.7 Å². The third-order valence-corrected chi connectivity index (χ3v) is 3.87. The summed E-state index contributed by atoms with van der Waals surface area (Å²) in [4.78, 5) is 0. The molecule has 0 atom stereocenters. The van der Waals surface area contributed by atoms with Crippen molar-refractivity contribution in [1.29, 1.82) is 0 Å². The summed E-state index contributed by atoms with van der Waals surface area (Å²) in [5.41, 5.74) is 5.37. The molecule has 0 saturated carbocycles. The second-order valence-electron chi connectivity index (χ2n) is 6.85. The van der Waals surface area contributed by atoms with Crippen LogP contribution in [-0.4, -0.2) is 0 Å². The molecule has 5 aromatic rings. The Kier molecular flexibility index (Phi) is 22.0. The molecule has 0 bridgehead atoms. The smallest absolute Gasteiger partial charge is 0 e. The predicted octanol–water partition coefficient (Wildman–Crippen LogP) is 8.14. The quantitative estimate of drug-likeness (QED) is 0.191. The van der Waals surface area contributed by atoms with Gasteiger partial charge in [0.2, 0.25) is 0 Å². The van der Waals surface area contributed by atoms with Gasteiger partial charge in [-0.3, -0.25) is 24.3 Å². The standard InChI is InChI=1S/4C6H7.C6H4.2V/c4*1-6-4-2-3-5-6;1-2-4-6-5-3-1;;/h4*2-5H,1H3;1-2,5-6H;;/q4*-1;-2;;. The minimum atomic E-state index is 0. The molecule has 0 aliphatic rings. The Morgan fingerprint density at radius 2 is 0.500 bits per heavy atom. The summed E-state index contributed by atoms with van der Waals surface area (Å²) in [6.45, 7) is 8.33. The summed E-state index contributed by atoms with van der Waals surface area (Å²) in [6.07, 6.45) is 0. The Morgan fingerprint density at radius 1 is 0.344 bits per heavy atom. The van der Waals surface area contributed by atoms with Crippen LogP contribution in [0.3, 0.4) is 0 Å². The first-order chi connectivity index (χ1) is 14.6. The zero-order valence-electron chi connectivity index (χ0n) is 19.4. The van der Waals surface area contributed by atoms with Gasteiger partial charge in [0.15, 0.2) is 0 Å². The van der Waals surface area contributed by atoms with Gasteiger partial charge >= 0.3 is 0 Å². The molecule has 0 saturated heterocycles. The van der Waals surface area contributed by atoms with Crippen LogP contribution in [-0.2, 0) is 37.1 Å². The van der Waals surface area contributed by atoms with Gasteiger partial charge in [-0.25, -0.2) is 48.5 Å². The van der Waals surface area contributed by atoms with E-state index in [0.717, 1.165) is 0 Å². The largest absolute Gasteiger partial charge is 0.319 e. The van der Waals surface area contributed by atoms with Gasteiger partial charge < -0.3 is 12.1 Å². The average Bonchev–Trinajstić information content (AvgIpc) is 3.57. The number of hydrogen-bond acceptors (Lipinski definition) is 0. The third kappa shape index (κ3) is 19.7. The Hall–Kier alpha value is -2.21. The number of rotatable bonds is 0. The van der Waals surface area contributed by atoms with E-state index in [1.807, 2.05) is 72.8 Å². The van der Waals surface area contributed by atoms with Gasteiger partial charge in [0.25, 0.3) is 0 Å². The average molecular weight is 494 g/mol. The summed E-state index contributed by atoms with van der Waals surface area (Å²) in [5.74, 6) is 0. The number of hydrogen-bond donors (Lipinski definition) is 0. The summed E-state index contributed by atoms with van der Waals surface area (Å²) >= 11 is 0. The topological polar surface area (TPSA) is 0 Å². The van der Waals surface area contributed by atoms with Gasteiger partial charge in [0, 0.05) is 37.1 Å². The monoisotopic (exact) mass is 494 g/mol. The SMILES string of the molecule is C[c-]1cccc1.C[c-]1cccc1.C[c-]1cccc1.C[c-]1cccc1.[V].[V].[c-]1cc[c-]cc1. The molecular formula is C30H32V2-6. The van der Waals surface area contributed by atoms with Crippen LogP contribution < -0.4 is 0 Å². The van der Waals surface area contributed by atoms with Crippen LogP contribution in [0, 0.1) is 39.8 Å². The molecule has 32 heavy (non-hydrogen) atoms. The van der Waals surface area contributed by atoms with Gasteiger partial charge in [-0.2, -0.15) is 70.8 Å². The van der Waals surface area contributed by atoms with Crippen LogP contribution in [0.2, 0.25) is 0 Å². The molecule has 168 valence electrons. The van der Waals surface area contributed by atoms with Gasteiger partial charge in [0.1, 0.15) is 0 Å². The molecular weight excluding hydrogens is 462 g/mol. The fourth-order valence-electron chi connectivity index (χ4n) is 2.18. The van der Waals surface area contributed by atoms with Crippen molar-refractivity contribution in [3.63, 3.8) is 0 Å². The molecule has 0 heterocycles. The molecule has 0 nitrogen and oxygen atoms in total. The van der Waals surface area contributed by atoms with E-state index in [1.54, 1.807) is 0 Å². The second-order valence-corrected chi connectivity index (χ2v) is 6.85. The van der Waals surface area contributed by atoms with Crippen LogP contribution in [0.4, 0.5) is 0 Å². The fraction of sp³-hybridized carbons (Fsp3) is 0.133. The van der Waals surface area contributed by atoms with Crippen LogP contribution in [0.5, 0.6) is 0 Å². The maximum Gasteiger partial charge on any atom is 0 e. The molecule has 0 N–H and O–H groups in total. The first-order valence-electron chi connectivity index (χ1n) is 10.1. The number of benzene rings is 1. The molecule has 5 rings (SSSR count). The number of aryl methyl sites for hydroxylation is 4. The molecule has 0 fully saturated rings. The molecule has 0 aliphatic heterocycles.